The quantitative estimate of drug-likeness (QED) is 0.0945. The summed E-state index contributed by atoms with van der Waals surface area (Å²) in [5, 5.41) is 1.39. The van der Waals surface area contributed by atoms with Gasteiger partial charge in [-0.25, -0.2) is 31.3 Å². The zero-order valence-electron chi connectivity index (χ0n) is 45.3. The van der Waals surface area contributed by atoms with Crippen LogP contribution < -0.4 is 19.1 Å². The van der Waals surface area contributed by atoms with Gasteiger partial charge in [-0.15, -0.1) is 0 Å². The molecule has 22 heteroatoms. The summed E-state index contributed by atoms with van der Waals surface area (Å²) in [5.74, 6) is -1.73. The Morgan fingerprint density at radius 2 is 1.56 bits per heavy atom. The van der Waals surface area contributed by atoms with Crippen LogP contribution in [0.3, 0.4) is 0 Å². The van der Waals surface area contributed by atoms with Crippen LogP contribution >= 0.6 is 11.6 Å². The van der Waals surface area contributed by atoms with E-state index in [0.717, 1.165) is 51.0 Å². The van der Waals surface area contributed by atoms with Crippen molar-refractivity contribution in [3.8, 4) is 17.2 Å². The van der Waals surface area contributed by atoms with E-state index in [2.05, 4.69) is 50.6 Å². The molecule has 78 heavy (non-hydrogen) atoms. The molecule has 2 amide bonds. The van der Waals surface area contributed by atoms with Crippen molar-refractivity contribution in [2.75, 3.05) is 70.4 Å². The average Bonchev–Trinajstić information content (AvgIpc) is 3.84. The lowest BCUT2D eigenvalue weighted by Crippen LogP contribution is -2.60. The second kappa shape index (κ2) is 22.7. The number of nitrogens with one attached hydrogen (secondary N) is 2. The second-order valence-corrected chi connectivity index (χ2v) is 27.1. The van der Waals surface area contributed by atoms with E-state index in [4.69, 9.17) is 25.8 Å². The number of rotatable bonds is 15. The number of aromatic amines is 1. The Morgan fingerprint density at radius 3 is 2.24 bits per heavy atom. The molecule has 2 aliphatic heterocycles. The van der Waals surface area contributed by atoms with E-state index in [-0.39, 0.29) is 47.0 Å². The molecule has 2 saturated heterocycles. The molecule has 0 bridgehead atoms. The number of halogens is 4. The molecule has 4 heterocycles. The van der Waals surface area contributed by atoms with Crippen LogP contribution in [0.25, 0.3) is 16.6 Å². The van der Waals surface area contributed by atoms with Crippen molar-refractivity contribution in [3.63, 3.8) is 0 Å². The number of amides is 2. The summed E-state index contributed by atoms with van der Waals surface area (Å²) in [5.41, 5.74) is -1.71. The van der Waals surface area contributed by atoms with Crippen molar-refractivity contribution in [1.29, 1.82) is 0 Å². The second-order valence-electron chi connectivity index (χ2n) is 23.1. The molecule has 1 aliphatic carbocycles. The van der Waals surface area contributed by atoms with Gasteiger partial charge < -0.3 is 29.0 Å². The first-order valence-corrected chi connectivity index (χ1v) is 29.4. The van der Waals surface area contributed by atoms with Crippen LogP contribution in [0, 0.1) is 10.8 Å². The molecule has 8 rings (SSSR count). The molecule has 2 N–H and O–H groups in total. The Balaban J connectivity index is 0.980. The Morgan fingerprint density at radius 1 is 0.859 bits per heavy atom. The lowest BCUT2D eigenvalue weighted by atomic mass is 9.72. The fraction of sp³-hybridized carbons (Fsp3) is 0.482. The van der Waals surface area contributed by atoms with Crippen molar-refractivity contribution < 1.29 is 53.8 Å². The van der Waals surface area contributed by atoms with E-state index in [1.54, 1.807) is 56.1 Å². The number of fused-ring (bicyclic) bond motifs is 1. The number of carbonyl (C=O) groups is 2. The van der Waals surface area contributed by atoms with Crippen LogP contribution in [0.5, 0.6) is 17.2 Å². The number of alkyl halides is 3. The number of hydrogen-bond donors (Lipinski definition) is 2. The van der Waals surface area contributed by atoms with E-state index in [9.17, 15) is 39.6 Å². The molecular formula is C56H69ClF3N7O9S2. The summed E-state index contributed by atoms with van der Waals surface area (Å²) >= 11 is 6.25. The van der Waals surface area contributed by atoms with Gasteiger partial charge in [0.25, 0.3) is 25.8 Å². The van der Waals surface area contributed by atoms with Gasteiger partial charge in [0.2, 0.25) is 0 Å². The molecule has 0 spiro atoms. The molecule has 3 aliphatic rings. The molecule has 422 valence electrons. The molecule has 1 unspecified atom stereocenters. The van der Waals surface area contributed by atoms with Crippen LogP contribution in [0.1, 0.15) is 97.0 Å². The lowest BCUT2D eigenvalue weighted by Gasteiger charge is -2.47. The molecule has 2 aromatic heterocycles. The van der Waals surface area contributed by atoms with Crippen LogP contribution in [-0.2, 0) is 24.6 Å². The molecule has 0 saturated carbocycles. The Hall–Kier alpha value is -5.87. The van der Waals surface area contributed by atoms with Crippen molar-refractivity contribution in [2.24, 2.45) is 10.8 Å². The number of hydrogen-bond acceptors (Lipinski definition) is 13. The average molecular weight is 1140 g/mol. The number of pyridine rings is 1. The maximum atomic E-state index is 14.2. The molecule has 3 aromatic carbocycles. The van der Waals surface area contributed by atoms with Gasteiger partial charge in [-0.2, -0.15) is 13.2 Å². The molecule has 16 nitrogen and oxygen atoms in total. The number of aromatic nitrogens is 2. The van der Waals surface area contributed by atoms with E-state index in [1.165, 1.54) is 29.0 Å². The van der Waals surface area contributed by atoms with Gasteiger partial charge in [0, 0.05) is 87.3 Å². The number of benzene rings is 3. The number of ether oxygens (including phenoxy) is 3. The van der Waals surface area contributed by atoms with Gasteiger partial charge in [0.05, 0.1) is 29.3 Å². The van der Waals surface area contributed by atoms with Gasteiger partial charge in [-0.3, -0.25) is 14.6 Å². The summed E-state index contributed by atoms with van der Waals surface area (Å²) in [4.78, 5) is 40.6. The fourth-order valence-electron chi connectivity index (χ4n) is 10.1. The first kappa shape index (κ1) is 58.3. The van der Waals surface area contributed by atoms with E-state index in [1.807, 2.05) is 37.6 Å². The molecule has 2 fully saturated rings. The summed E-state index contributed by atoms with van der Waals surface area (Å²) in [7, 11) is -11.2. The number of sulfonamides is 1. The van der Waals surface area contributed by atoms with Crippen LogP contribution in [0.4, 0.5) is 23.7 Å². The first-order chi connectivity index (χ1) is 36.5. The zero-order chi connectivity index (χ0) is 56.6. The Labute approximate surface area is 460 Å². The van der Waals surface area contributed by atoms with Crippen molar-refractivity contribution in [3.05, 3.63) is 107 Å². The van der Waals surface area contributed by atoms with Gasteiger partial charge >= 0.3 is 11.6 Å². The summed E-state index contributed by atoms with van der Waals surface area (Å²) < 4.78 is 116. The third-order valence-corrected chi connectivity index (χ3v) is 17.4. The molecule has 5 aromatic rings. The smallest absolute Gasteiger partial charge is 0.492 e. The van der Waals surface area contributed by atoms with E-state index in [0.29, 0.717) is 67.1 Å². The van der Waals surface area contributed by atoms with Gasteiger partial charge in [0.1, 0.15) is 33.4 Å². The Kier molecular flexibility index (Phi) is 17.0. The minimum Gasteiger partial charge on any atom is -0.492 e. The van der Waals surface area contributed by atoms with E-state index < -0.39 is 58.5 Å². The first-order valence-electron chi connectivity index (χ1n) is 26.0. The summed E-state index contributed by atoms with van der Waals surface area (Å²) in [6.07, 6.45) is 5.97. The van der Waals surface area contributed by atoms with Crippen molar-refractivity contribution in [2.45, 2.75) is 108 Å². The molecular weight excluding hydrogens is 1070 g/mol. The highest BCUT2D eigenvalue weighted by Crippen LogP contribution is 2.44. The zero-order valence-corrected chi connectivity index (χ0v) is 47.7. The third-order valence-electron chi connectivity index (χ3n) is 14.4. The van der Waals surface area contributed by atoms with Gasteiger partial charge in [-0.1, -0.05) is 63.9 Å². The number of nitrogens with zero attached hydrogens (tertiary/aromatic N) is 5. The Bertz CT molecular complexity index is 3270. The standard InChI is InChI=1S/C56H69ClF3N7O9S2/c1-53(2,3)49-36-64(25-28-67(49)52(69)76-54(4,5)6)22-9-29-74-46-17-15-43(32-48(46)77(70,71)56(58,59)60)78(72,73)63-51(68)44-16-14-41(31-47(44)75-42-30-38-19-21-61-50(38)62-34-42)66-26-23-65(24-27-66)35-39-18-20-55(7,8)33-45(39)37-10-12-40(57)13-11-37/h10-17,19,21,30-32,34,49H,9,18,20,22-29,33,35-36H2,1-8H3,(H,61,62)(H,63,68). The number of carbonyl (C=O) groups excluding carboxylic acids is 2. The SMILES string of the molecule is CC1(C)CCC(CN2CCN(c3ccc(C(=O)NS(=O)(=O)c4ccc(OCCCN5CCN(C(=O)OC(C)(C)C)C(C(C)(C)C)C5)c(S(=O)(=O)C(F)(F)F)c4)c(Oc4cnc5[nH]ccc5c4)c3)CC2)=C(c2ccc(Cl)cc2)C1. The number of sulfone groups is 1. The predicted molar refractivity (Wildman–Crippen MR) is 294 cm³/mol. The minimum absolute atomic E-state index is 0.0372. The minimum atomic E-state index is -6.18. The summed E-state index contributed by atoms with van der Waals surface area (Å²) in [6.45, 7) is 21.0. The van der Waals surface area contributed by atoms with Crippen molar-refractivity contribution >= 4 is 65.8 Å². The monoisotopic (exact) mass is 1140 g/mol. The van der Waals surface area contributed by atoms with Crippen LogP contribution in [0.2, 0.25) is 5.02 Å². The number of allylic oxidation sites excluding steroid dienone is 1. The predicted octanol–water partition coefficient (Wildman–Crippen LogP) is 10.9. The highest BCUT2D eigenvalue weighted by atomic mass is 35.5. The third kappa shape index (κ3) is 13.9. The molecule has 0 radical (unpaired) electrons. The van der Waals surface area contributed by atoms with Gasteiger partial charge in [0.15, 0.2) is 0 Å². The number of piperazine rings is 2. The normalized spacial score (nSPS) is 18.3. The summed E-state index contributed by atoms with van der Waals surface area (Å²) in [6, 6.07) is 18.0. The topological polar surface area (TPSA) is 184 Å². The highest BCUT2D eigenvalue weighted by molar-refractivity contribution is 7.92. The number of anilines is 1. The van der Waals surface area contributed by atoms with E-state index >= 15 is 0 Å². The van der Waals surface area contributed by atoms with Crippen molar-refractivity contribution in [1.82, 2.24) is 29.4 Å². The van der Waals surface area contributed by atoms with Crippen LogP contribution in [-0.4, -0.2) is 136 Å². The highest BCUT2D eigenvalue weighted by Gasteiger charge is 2.49. The lowest BCUT2D eigenvalue weighted by molar-refractivity contribution is -0.0437. The van der Waals surface area contributed by atoms with Gasteiger partial charge in [-0.05, 0) is 123 Å². The van der Waals surface area contributed by atoms with Crippen LogP contribution in [0.15, 0.2) is 101 Å². The number of H-pyrrole nitrogens is 1. The largest absolute Gasteiger partial charge is 0.502 e. The maximum Gasteiger partial charge on any atom is 0.502 e. The maximum absolute atomic E-state index is 14.2. The molecule has 1 atom stereocenters. The fourth-order valence-corrected chi connectivity index (χ4v) is 12.2.